The third kappa shape index (κ3) is 4.35. The lowest BCUT2D eigenvalue weighted by atomic mass is 10.1. The van der Waals surface area contributed by atoms with Crippen molar-refractivity contribution in [3.8, 4) is 11.5 Å². The molecule has 8 nitrogen and oxygen atoms in total. The minimum Gasteiger partial charge on any atom is -0.465 e. The van der Waals surface area contributed by atoms with E-state index in [1.165, 1.54) is 16.7 Å². The Balaban J connectivity index is 1.56. The minimum absolute atomic E-state index is 0.132. The predicted molar refractivity (Wildman–Crippen MR) is 111 cm³/mol. The van der Waals surface area contributed by atoms with E-state index >= 15 is 0 Å². The van der Waals surface area contributed by atoms with Crippen molar-refractivity contribution in [3.05, 3.63) is 54.4 Å². The summed E-state index contributed by atoms with van der Waals surface area (Å²) >= 11 is 1.22. The van der Waals surface area contributed by atoms with Gasteiger partial charge in [-0.05, 0) is 43.5 Å². The van der Waals surface area contributed by atoms with Crippen molar-refractivity contribution in [1.29, 1.82) is 0 Å². The molecule has 2 aromatic heterocycles. The first-order valence-corrected chi connectivity index (χ1v) is 10.5. The summed E-state index contributed by atoms with van der Waals surface area (Å²) in [6, 6.07) is 11.2. The zero-order chi connectivity index (χ0) is 20.9. The fourth-order valence-electron chi connectivity index (χ4n) is 3.29. The number of benzene rings is 1. The number of carbonyl (C=O) groups excluding carboxylic acids is 2. The number of aryl methyl sites for hydroxylation is 1. The van der Waals surface area contributed by atoms with Crippen LogP contribution in [0.5, 0.6) is 0 Å². The lowest BCUT2D eigenvalue weighted by molar-refractivity contribution is -0.142. The van der Waals surface area contributed by atoms with Crippen LogP contribution in [-0.4, -0.2) is 45.5 Å². The molecular formula is C21H20N4O4S. The van der Waals surface area contributed by atoms with Crippen molar-refractivity contribution in [2.75, 3.05) is 18.1 Å². The molecule has 0 spiro atoms. The van der Waals surface area contributed by atoms with Gasteiger partial charge < -0.3 is 9.15 Å². The van der Waals surface area contributed by atoms with Gasteiger partial charge >= 0.3 is 5.97 Å². The highest BCUT2D eigenvalue weighted by molar-refractivity contribution is 8.00. The van der Waals surface area contributed by atoms with Gasteiger partial charge in [-0.2, -0.15) is 0 Å². The zero-order valence-corrected chi connectivity index (χ0v) is 17.2. The van der Waals surface area contributed by atoms with Gasteiger partial charge in [-0.1, -0.05) is 30.0 Å². The monoisotopic (exact) mass is 424 g/mol. The summed E-state index contributed by atoms with van der Waals surface area (Å²) in [5, 5.41) is 7.99. The van der Waals surface area contributed by atoms with E-state index < -0.39 is 11.2 Å². The van der Waals surface area contributed by atoms with Crippen molar-refractivity contribution < 1.29 is 18.7 Å². The van der Waals surface area contributed by atoms with Crippen LogP contribution in [0.25, 0.3) is 11.5 Å². The van der Waals surface area contributed by atoms with Gasteiger partial charge in [0.1, 0.15) is 6.54 Å². The highest BCUT2D eigenvalue weighted by Crippen LogP contribution is 2.34. The number of thioether (sulfide) groups is 1. The van der Waals surface area contributed by atoms with Gasteiger partial charge in [0.25, 0.3) is 5.22 Å². The summed E-state index contributed by atoms with van der Waals surface area (Å²) in [6.07, 6.45) is 4.58. The van der Waals surface area contributed by atoms with Crippen LogP contribution in [-0.2, 0) is 20.7 Å². The first-order chi connectivity index (χ1) is 14.7. The first kappa shape index (κ1) is 20.1. The number of anilines is 1. The molecule has 9 heteroatoms. The van der Waals surface area contributed by atoms with Gasteiger partial charge in [-0.25, -0.2) is 0 Å². The summed E-state index contributed by atoms with van der Waals surface area (Å²) in [7, 11) is 0. The third-order valence-corrected chi connectivity index (χ3v) is 5.76. The molecule has 1 unspecified atom stereocenters. The van der Waals surface area contributed by atoms with Crippen molar-refractivity contribution in [2.24, 2.45) is 0 Å². The Morgan fingerprint density at radius 2 is 2.03 bits per heavy atom. The van der Waals surface area contributed by atoms with Crippen molar-refractivity contribution in [1.82, 2.24) is 15.2 Å². The molecule has 3 heterocycles. The molecule has 0 saturated heterocycles. The normalized spacial score (nSPS) is 16.1. The summed E-state index contributed by atoms with van der Waals surface area (Å²) in [6.45, 7) is 1.87. The van der Waals surface area contributed by atoms with Crippen molar-refractivity contribution in [3.63, 3.8) is 0 Å². The zero-order valence-electron chi connectivity index (χ0n) is 16.4. The SMILES string of the molecule is CCOC(=O)CN1C(=O)C(Sc2nnc(-c3ccncc3)o2)CCc2ccccc21. The summed E-state index contributed by atoms with van der Waals surface area (Å²) < 4.78 is 10.8. The van der Waals surface area contributed by atoms with Gasteiger partial charge in [0, 0.05) is 23.6 Å². The van der Waals surface area contributed by atoms with Crippen LogP contribution in [0.15, 0.2) is 58.4 Å². The Labute approximate surface area is 177 Å². The number of rotatable bonds is 6. The Hall–Kier alpha value is -3.20. The summed E-state index contributed by atoms with van der Waals surface area (Å²) in [5.74, 6) is -0.252. The average Bonchev–Trinajstić information content (AvgIpc) is 3.20. The Morgan fingerprint density at radius 3 is 2.83 bits per heavy atom. The van der Waals surface area contributed by atoms with Crippen LogP contribution >= 0.6 is 11.8 Å². The number of carbonyl (C=O) groups is 2. The average molecular weight is 424 g/mol. The number of hydrogen-bond acceptors (Lipinski definition) is 8. The van der Waals surface area contributed by atoms with Crippen LogP contribution in [0.1, 0.15) is 18.9 Å². The maximum Gasteiger partial charge on any atom is 0.326 e. The summed E-state index contributed by atoms with van der Waals surface area (Å²) in [5.41, 5.74) is 2.51. The molecule has 1 aliphatic heterocycles. The quantitative estimate of drug-likeness (QED) is 0.557. The number of pyridine rings is 1. The van der Waals surface area contributed by atoms with Gasteiger partial charge in [-0.15, -0.1) is 10.2 Å². The van der Waals surface area contributed by atoms with E-state index in [9.17, 15) is 9.59 Å². The fraction of sp³-hybridized carbons (Fsp3) is 0.286. The molecule has 0 fully saturated rings. The van der Waals surface area contributed by atoms with E-state index in [2.05, 4.69) is 15.2 Å². The van der Waals surface area contributed by atoms with Gasteiger partial charge in [0.05, 0.1) is 11.9 Å². The molecule has 0 radical (unpaired) electrons. The van der Waals surface area contributed by atoms with Gasteiger partial charge in [0.15, 0.2) is 0 Å². The van der Waals surface area contributed by atoms with E-state index in [4.69, 9.17) is 9.15 Å². The van der Waals surface area contributed by atoms with Crippen LogP contribution in [0.3, 0.4) is 0 Å². The molecule has 30 heavy (non-hydrogen) atoms. The topological polar surface area (TPSA) is 98.4 Å². The molecule has 0 saturated carbocycles. The molecule has 0 N–H and O–H groups in total. The number of aromatic nitrogens is 3. The Kier molecular flexibility index (Phi) is 6.08. The third-order valence-electron chi connectivity index (χ3n) is 4.67. The highest BCUT2D eigenvalue weighted by Gasteiger charge is 2.33. The Bertz CT molecular complexity index is 1040. The minimum atomic E-state index is -0.461. The smallest absolute Gasteiger partial charge is 0.326 e. The van der Waals surface area contributed by atoms with Gasteiger partial charge in [0.2, 0.25) is 11.8 Å². The number of esters is 1. The van der Waals surface area contributed by atoms with E-state index in [1.807, 2.05) is 24.3 Å². The molecule has 0 bridgehead atoms. The Morgan fingerprint density at radius 1 is 1.23 bits per heavy atom. The second-order valence-corrected chi connectivity index (χ2v) is 7.77. The van der Waals surface area contributed by atoms with Crippen molar-refractivity contribution in [2.45, 2.75) is 30.2 Å². The van der Waals surface area contributed by atoms with E-state index in [1.54, 1.807) is 31.5 Å². The second kappa shape index (κ2) is 9.08. The molecule has 4 rings (SSSR count). The molecular weight excluding hydrogens is 404 g/mol. The standard InChI is InChI=1S/C21H20N4O4S/c1-2-28-18(26)13-25-16-6-4-3-5-14(16)7-8-17(20(25)27)30-21-24-23-19(29-21)15-9-11-22-12-10-15/h3-6,9-12,17H,2,7-8,13H2,1H3. The maximum atomic E-state index is 13.3. The van der Waals surface area contributed by atoms with Crippen LogP contribution in [0, 0.1) is 0 Å². The van der Waals surface area contributed by atoms with E-state index in [0.29, 0.717) is 24.0 Å². The lowest BCUT2D eigenvalue weighted by Crippen LogP contribution is -2.41. The highest BCUT2D eigenvalue weighted by atomic mass is 32.2. The fourth-order valence-corrected chi connectivity index (χ4v) is 4.21. The molecule has 0 aliphatic carbocycles. The second-order valence-electron chi connectivity index (χ2n) is 6.61. The van der Waals surface area contributed by atoms with E-state index in [-0.39, 0.29) is 19.1 Å². The van der Waals surface area contributed by atoms with Crippen LogP contribution in [0.2, 0.25) is 0 Å². The van der Waals surface area contributed by atoms with Crippen molar-refractivity contribution >= 4 is 29.3 Å². The molecule has 1 aliphatic rings. The van der Waals surface area contributed by atoms with Gasteiger partial charge in [-0.3, -0.25) is 19.5 Å². The number of fused-ring (bicyclic) bond motifs is 1. The molecule has 1 atom stereocenters. The van der Waals surface area contributed by atoms with E-state index in [0.717, 1.165) is 16.8 Å². The number of para-hydroxylation sites is 1. The van der Waals surface area contributed by atoms with Crippen LogP contribution in [0.4, 0.5) is 5.69 Å². The lowest BCUT2D eigenvalue weighted by Gasteiger charge is -2.24. The molecule has 154 valence electrons. The first-order valence-electron chi connectivity index (χ1n) is 9.61. The number of hydrogen-bond donors (Lipinski definition) is 0. The number of nitrogens with zero attached hydrogens (tertiary/aromatic N) is 4. The largest absolute Gasteiger partial charge is 0.465 e. The molecule has 3 aromatic rings. The maximum absolute atomic E-state index is 13.3. The molecule has 1 amide bonds. The van der Waals surface area contributed by atoms with Crippen LogP contribution < -0.4 is 4.90 Å². The molecule has 1 aromatic carbocycles. The number of amides is 1. The summed E-state index contributed by atoms with van der Waals surface area (Å²) in [4.78, 5) is 30.9. The predicted octanol–water partition coefficient (Wildman–Crippen LogP) is 3.13. The number of ether oxygens (including phenoxy) is 1.